The summed E-state index contributed by atoms with van der Waals surface area (Å²) in [7, 11) is 16.0. The largest absolute Gasteiger partial charge is 0.309 e. The Morgan fingerprint density at radius 1 is 0.440 bits per heavy atom. The Kier molecular flexibility index (Phi) is 19.0. The van der Waals surface area contributed by atoms with Crippen LogP contribution in [0.4, 0.5) is 0 Å². The third-order valence-electron chi connectivity index (χ3n) is 9.49. The first-order valence-corrected chi connectivity index (χ1v) is 18.6. The van der Waals surface area contributed by atoms with Crippen LogP contribution in [0.2, 0.25) is 0 Å². The smallest absolute Gasteiger partial charge is 0.163 e. The van der Waals surface area contributed by atoms with Crippen molar-refractivity contribution < 1.29 is 19.2 Å². The molecular formula is C42H66N4O4. The van der Waals surface area contributed by atoms with Crippen LogP contribution in [-0.4, -0.2) is 125 Å². The van der Waals surface area contributed by atoms with E-state index < -0.39 is 0 Å². The number of carbonyl (C=O) groups is 4. The lowest BCUT2D eigenvalue weighted by Gasteiger charge is -2.22. The highest BCUT2D eigenvalue weighted by Crippen LogP contribution is 2.26. The van der Waals surface area contributed by atoms with Gasteiger partial charge < -0.3 is 19.6 Å². The summed E-state index contributed by atoms with van der Waals surface area (Å²) in [6.45, 7) is 7.74. The first-order chi connectivity index (χ1) is 23.6. The number of nitrogens with zero attached hydrogens (tertiary/aromatic N) is 4. The summed E-state index contributed by atoms with van der Waals surface area (Å²) in [6, 6.07) is 11.7. The molecule has 0 saturated heterocycles. The average Bonchev–Trinajstić information content (AvgIpc) is 3.03. The van der Waals surface area contributed by atoms with Crippen LogP contribution in [0.3, 0.4) is 0 Å². The zero-order valence-corrected chi connectivity index (χ0v) is 32.9. The van der Waals surface area contributed by atoms with Crippen molar-refractivity contribution in [2.45, 2.75) is 78.1 Å². The number of benzene rings is 2. The van der Waals surface area contributed by atoms with Crippen LogP contribution in [0.25, 0.3) is 0 Å². The summed E-state index contributed by atoms with van der Waals surface area (Å²) in [4.78, 5) is 61.7. The molecule has 0 fully saturated rings. The Morgan fingerprint density at radius 3 is 0.960 bits per heavy atom. The molecule has 2 atom stereocenters. The molecule has 0 aliphatic rings. The predicted molar refractivity (Wildman–Crippen MR) is 207 cm³/mol. The molecule has 2 aromatic rings. The summed E-state index contributed by atoms with van der Waals surface area (Å²) in [5.74, 6) is 0.679. The van der Waals surface area contributed by atoms with Gasteiger partial charge in [-0.2, -0.15) is 0 Å². The molecule has 0 spiro atoms. The minimum atomic E-state index is 0.0301. The molecule has 0 aliphatic heterocycles. The Labute approximate surface area is 303 Å². The van der Waals surface area contributed by atoms with E-state index in [0.29, 0.717) is 47.9 Å². The monoisotopic (exact) mass is 691 g/mol. The quantitative estimate of drug-likeness (QED) is 0.105. The van der Waals surface area contributed by atoms with Gasteiger partial charge in [0.05, 0.1) is 0 Å². The molecule has 8 nitrogen and oxygen atoms in total. The van der Waals surface area contributed by atoms with Crippen LogP contribution >= 0.6 is 0 Å². The Bertz CT molecular complexity index is 1290. The molecule has 278 valence electrons. The lowest BCUT2D eigenvalue weighted by molar-refractivity contribution is 0.0944. The predicted octanol–water partition coefficient (Wildman–Crippen LogP) is 6.84. The number of hydrogen-bond acceptors (Lipinski definition) is 8. The third-order valence-corrected chi connectivity index (χ3v) is 9.49. The van der Waals surface area contributed by atoms with Crippen molar-refractivity contribution in [3.8, 4) is 0 Å². The number of hydrogen-bond donors (Lipinski definition) is 0. The summed E-state index contributed by atoms with van der Waals surface area (Å²) in [5.41, 5.74) is 4.31. The van der Waals surface area contributed by atoms with Gasteiger partial charge in [0.1, 0.15) is 0 Å². The summed E-state index contributed by atoms with van der Waals surface area (Å²) < 4.78 is 0. The van der Waals surface area contributed by atoms with Crippen LogP contribution in [0, 0.1) is 11.8 Å². The normalized spacial score (nSPS) is 13.0. The highest BCUT2D eigenvalue weighted by molar-refractivity contribution is 6.09. The highest BCUT2D eigenvalue weighted by Gasteiger charge is 2.22. The topological polar surface area (TPSA) is 81.2 Å². The van der Waals surface area contributed by atoms with Crippen molar-refractivity contribution in [3.05, 3.63) is 69.8 Å². The summed E-state index contributed by atoms with van der Waals surface area (Å²) in [5, 5.41) is 0. The van der Waals surface area contributed by atoms with Crippen molar-refractivity contribution >= 4 is 23.1 Å². The van der Waals surface area contributed by atoms with E-state index in [4.69, 9.17) is 0 Å². The Hall–Kier alpha value is -3.04. The second-order valence-corrected chi connectivity index (χ2v) is 15.4. The number of carbonyl (C=O) groups excluding carboxylic acids is 4. The number of Topliss-reactive ketones (excluding diaryl/α,β-unsaturated/α-hetero) is 4. The van der Waals surface area contributed by atoms with Gasteiger partial charge in [0.15, 0.2) is 23.1 Å². The van der Waals surface area contributed by atoms with Crippen molar-refractivity contribution in [3.63, 3.8) is 0 Å². The minimum absolute atomic E-state index is 0.0301. The molecular weight excluding hydrogens is 624 g/mol. The van der Waals surface area contributed by atoms with Crippen LogP contribution in [0.5, 0.6) is 0 Å². The van der Waals surface area contributed by atoms with Crippen LogP contribution < -0.4 is 0 Å². The van der Waals surface area contributed by atoms with E-state index in [2.05, 4.69) is 33.4 Å². The van der Waals surface area contributed by atoms with Gasteiger partial charge in [-0.15, -0.1) is 0 Å². The average molecular weight is 691 g/mol. The van der Waals surface area contributed by atoms with Gasteiger partial charge in [-0.1, -0.05) is 38.1 Å². The van der Waals surface area contributed by atoms with Gasteiger partial charge in [0.2, 0.25) is 0 Å². The summed E-state index contributed by atoms with van der Waals surface area (Å²) >= 11 is 0. The fraction of sp³-hybridized carbons (Fsp3) is 0.619. The third kappa shape index (κ3) is 15.5. The molecule has 0 amide bonds. The van der Waals surface area contributed by atoms with Crippen molar-refractivity contribution in [2.75, 3.05) is 82.6 Å². The van der Waals surface area contributed by atoms with E-state index in [0.717, 1.165) is 75.8 Å². The second-order valence-electron chi connectivity index (χ2n) is 15.4. The van der Waals surface area contributed by atoms with Gasteiger partial charge >= 0.3 is 0 Å². The molecule has 2 unspecified atom stereocenters. The van der Waals surface area contributed by atoms with E-state index in [-0.39, 0.29) is 35.0 Å². The van der Waals surface area contributed by atoms with Gasteiger partial charge in [-0.05, 0) is 156 Å². The number of ketones is 4. The fourth-order valence-corrected chi connectivity index (χ4v) is 6.29. The van der Waals surface area contributed by atoms with E-state index in [1.807, 2.05) is 92.8 Å². The second kappa shape index (κ2) is 22.0. The van der Waals surface area contributed by atoms with E-state index in [1.54, 1.807) is 0 Å². The first-order valence-electron chi connectivity index (χ1n) is 18.6. The molecule has 2 aromatic carbocycles. The van der Waals surface area contributed by atoms with Gasteiger partial charge in [0, 0.05) is 47.9 Å². The van der Waals surface area contributed by atoms with Gasteiger partial charge in [-0.25, -0.2) is 0 Å². The molecule has 0 radical (unpaired) electrons. The van der Waals surface area contributed by atoms with Crippen molar-refractivity contribution in [2.24, 2.45) is 11.8 Å². The Balaban J connectivity index is 2.26. The highest BCUT2D eigenvalue weighted by atomic mass is 16.1. The van der Waals surface area contributed by atoms with Crippen LogP contribution in [0.15, 0.2) is 36.4 Å². The Morgan fingerprint density at radius 2 is 0.700 bits per heavy atom. The fourth-order valence-electron chi connectivity index (χ4n) is 6.29. The van der Waals surface area contributed by atoms with Crippen molar-refractivity contribution in [1.29, 1.82) is 0 Å². The zero-order chi connectivity index (χ0) is 37.4. The minimum Gasteiger partial charge on any atom is -0.309 e. The molecule has 0 heterocycles. The SMILES string of the molecule is CC(Cc1ccc(C(=O)CCCN(C)C)c(C(=O)CCCN(C)C)c1)C(C)Cc1ccc(C(=O)CCCN(C)C)c(C(=O)CCCN(C)C)c1. The van der Waals surface area contributed by atoms with Crippen LogP contribution in [-0.2, 0) is 12.8 Å². The van der Waals surface area contributed by atoms with Crippen LogP contribution in [0.1, 0.15) is 118 Å². The molecule has 0 N–H and O–H groups in total. The number of rotatable bonds is 25. The molecule has 0 bridgehead atoms. The molecule has 0 aliphatic carbocycles. The van der Waals surface area contributed by atoms with Crippen molar-refractivity contribution in [1.82, 2.24) is 19.6 Å². The lowest BCUT2D eigenvalue weighted by atomic mass is 9.83. The molecule has 0 aromatic heterocycles. The lowest BCUT2D eigenvalue weighted by Crippen LogP contribution is -2.18. The van der Waals surface area contributed by atoms with Gasteiger partial charge in [-0.3, -0.25) is 19.2 Å². The first kappa shape index (κ1) is 43.1. The maximum Gasteiger partial charge on any atom is 0.163 e. The molecule has 50 heavy (non-hydrogen) atoms. The molecule has 0 saturated carbocycles. The van der Waals surface area contributed by atoms with E-state index >= 15 is 0 Å². The summed E-state index contributed by atoms with van der Waals surface area (Å²) in [6.07, 6.45) is 6.21. The zero-order valence-electron chi connectivity index (χ0n) is 32.9. The molecule has 2 rings (SSSR count). The van der Waals surface area contributed by atoms with E-state index in [9.17, 15) is 19.2 Å². The maximum absolute atomic E-state index is 13.5. The standard InChI is InChI=1S/C42H66N4O4/c1-31(27-33-19-21-35(39(47)15-11-23-43(3)4)37(29-33)41(49)17-13-25-45(7)8)32(2)28-34-20-22-36(40(48)16-12-24-44(5)6)38(30-34)42(50)18-14-26-46(9)10/h19-22,29-32H,11-18,23-28H2,1-10H3. The van der Waals surface area contributed by atoms with E-state index in [1.165, 1.54) is 0 Å². The maximum atomic E-state index is 13.5. The van der Waals surface area contributed by atoms with Gasteiger partial charge in [0.25, 0.3) is 0 Å². The molecule has 8 heteroatoms.